The summed E-state index contributed by atoms with van der Waals surface area (Å²) < 4.78 is 5.17. The number of nitrogens with zero attached hydrogens (tertiary/aromatic N) is 2. The van der Waals surface area contributed by atoms with E-state index in [9.17, 15) is 4.79 Å². The number of hydrogen-bond acceptors (Lipinski definition) is 4. The van der Waals surface area contributed by atoms with Crippen molar-refractivity contribution in [1.82, 2.24) is 9.88 Å². The molecule has 1 aliphatic rings. The first kappa shape index (κ1) is 13.4. The molecule has 1 aromatic heterocycles. The van der Waals surface area contributed by atoms with E-state index in [0.29, 0.717) is 6.61 Å². The monoisotopic (exact) mass is 266 g/mol. The fourth-order valence-electron chi connectivity index (χ4n) is 2.17. The summed E-state index contributed by atoms with van der Waals surface area (Å²) in [6, 6.07) is 4.00. The van der Waals surface area contributed by atoms with Gasteiger partial charge in [-0.15, -0.1) is 11.8 Å². The molecule has 0 N–H and O–H groups in total. The van der Waals surface area contributed by atoms with E-state index in [-0.39, 0.29) is 22.6 Å². The predicted molar refractivity (Wildman–Crippen MR) is 72.2 cm³/mol. The number of amides is 1. The Bertz CT molecular complexity index is 413. The van der Waals surface area contributed by atoms with Gasteiger partial charge in [0.25, 0.3) is 0 Å². The summed E-state index contributed by atoms with van der Waals surface area (Å²) in [5.41, 5.74) is 1.07. The van der Waals surface area contributed by atoms with Gasteiger partial charge < -0.3 is 9.64 Å². The fraction of sp³-hybridized carbons (Fsp3) is 0.538. The summed E-state index contributed by atoms with van der Waals surface area (Å²) >= 11 is 1.67. The lowest BCUT2D eigenvalue weighted by atomic mass is 10.2. The third kappa shape index (κ3) is 2.52. The lowest BCUT2D eigenvalue weighted by molar-refractivity contribution is -0.132. The number of pyridine rings is 1. The summed E-state index contributed by atoms with van der Waals surface area (Å²) in [6.45, 7) is 4.52. The van der Waals surface area contributed by atoms with Crippen LogP contribution in [-0.2, 0) is 9.53 Å². The van der Waals surface area contributed by atoms with Crippen molar-refractivity contribution in [3.8, 4) is 0 Å². The van der Waals surface area contributed by atoms with E-state index in [4.69, 9.17) is 4.74 Å². The molecular formula is C13H18N2O2S. The molecular weight excluding hydrogens is 248 g/mol. The van der Waals surface area contributed by atoms with Crippen molar-refractivity contribution in [2.75, 3.05) is 13.7 Å². The molecule has 2 rings (SSSR count). The first-order valence-electron chi connectivity index (χ1n) is 6.01. The second-order valence-corrected chi connectivity index (χ2v) is 5.89. The Labute approximate surface area is 112 Å². The smallest absolute Gasteiger partial charge is 0.236 e. The molecule has 0 bridgehead atoms. The number of rotatable bonds is 4. The van der Waals surface area contributed by atoms with Crippen LogP contribution in [0.4, 0.5) is 0 Å². The van der Waals surface area contributed by atoms with Crippen molar-refractivity contribution in [3.63, 3.8) is 0 Å². The zero-order chi connectivity index (χ0) is 13.1. The standard InChI is InChI=1S/C13H18N2O2S/c1-9(8-17-3)15-12(16)10(2)18-13(15)11-5-4-6-14-7-11/h4-7,9-10,13H,8H2,1-3H3. The molecule has 3 unspecified atom stereocenters. The molecule has 0 radical (unpaired) electrons. The minimum atomic E-state index is -0.00508. The maximum atomic E-state index is 12.2. The van der Waals surface area contributed by atoms with Crippen LogP contribution in [0.3, 0.4) is 0 Å². The minimum Gasteiger partial charge on any atom is -0.383 e. The number of ether oxygens (including phenoxy) is 1. The summed E-state index contributed by atoms with van der Waals surface area (Å²) in [4.78, 5) is 18.3. The van der Waals surface area contributed by atoms with Crippen LogP contribution < -0.4 is 0 Å². The number of carbonyl (C=O) groups excluding carboxylic acids is 1. The molecule has 18 heavy (non-hydrogen) atoms. The molecule has 98 valence electrons. The Morgan fingerprint density at radius 3 is 3.00 bits per heavy atom. The molecule has 5 heteroatoms. The molecule has 4 nitrogen and oxygen atoms in total. The summed E-state index contributed by atoms with van der Waals surface area (Å²) in [6.07, 6.45) is 3.58. The van der Waals surface area contributed by atoms with Gasteiger partial charge in [-0.1, -0.05) is 6.07 Å². The van der Waals surface area contributed by atoms with Gasteiger partial charge in [-0.05, 0) is 19.9 Å². The summed E-state index contributed by atoms with van der Waals surface area (Å²) in [5.74, 6) is 0.179. The van der Waals surface area contributed by atoms with Crippen molar-refractivity contribution >= 4 is 17.7 Å². The summed E-state index contributed by atoms with van der Waals surface area (Å²) in [5, 5.41) is 0.0425. The zero-order valence-electron chi connectivity index (χ0n) is 10.9. The quantitative estimate of drug-likeness (QED) is 0.837. The minimum absolute atomic E-state index is 0.00508. The number of hydrogen-bond donors (Lipinski definition) is 0. The molecule has 1 amide bonds. The Morgan fingerprint density at radius 1 is 1.61 bits per heavy atom. The van der Waals surface area contributed by atoms with Crippen LogP contribution in [0.25, 0.3) is 0 Å². The van der Waals surface area contributed by atoms with Gasteiger partial charge in [-0.3, -0.25) is 9.78 Å². The van der Waals surface area contributed by atoms with Crippen LogP contribution in [0.1, 0.15) is 24.8 Å². The first-order chi connectivity index (χ1) is 8.65. The Balaban J connectivity index is 2.25. The van der Waals surface area contributed by atoms with Crippen LogP contribution in [0.2, 0.25) is 0 Å². The van der Waals surface area contributed by atoms with Gasteiger partial charge in [-0.25, -0.2) is 0 Å². The maximum absolute atomic E-state index is 12.2. The van der Waals surface area contributed by atoms with E-state index >= 15 is 0 Å². The van der Waals surface area contributed by atoms with Crippen molar-refractivity contribution < 1.29 is 9.53 Å². The van der Waals surface area contributed by atoms with E-state index < -0.39 is 0 Å². The highest BCUT2D eigenvalue weighted by molar-refractivity contribution is 8.01. The summed E-state index contributed by atoms with van der Waals surface area (Å²) in [7, 11) is 1.66. The van der Waals surface area contributed by atoms with Gasteiger partial charge >= 0.3 is 0 Å². The molecule has 1 aliphatic heterocycles. The van der Waals surface area contributed by atoms with Crippen molar-refractivity contribution in [2.24, 2.45) is 0 Å². The van der Waals surface area contributed by atoms with E-state index in [1.807, 2.05) is 37.1 Å². The third-order valence-corrected chi connectivity index (χ3v) is 4.41. The van der Waals surface area contributed by atoms with E-state index in [1.165, 1.54) is 0 Å². The largest absolute Gasteiger partial charge is 0.383 e. The highest BCUT2D eigenvalue weighted by atomic mass is 32.2. The number of methoxy groups -OCH3 is 1. The number of carbonyl (C=O) groups is 1. The van der Waals surface area contributed by atoms with Crippen molar-refractivity contribution in [1.29, 1.82) is 0 Å². The number of thioether (sulfide) groups is 1. The lowest BCUT2D eigenvalue weighted by Gasteiger charge is -2.29. The van der Waals surface area contributed by atoms with Gasteiger partial charge in [0.1, 0.15) is 5.37 Å². The second-order valence-electron chi connectivity index (χ2n) is 4.47. The lowest BCUT2D eigenvalue weighted by Crippen LogP contribution is -2.40. The highest BCUT2D eigenvalue weighted by Crippen LogP contribution is 2.43. The van der Waals surface area contributed by atoms with Crippen LogP contribution in [0.5, 0.6) is 0 Å². The van der Waals surface area contributed by atoms with Gasteiger partial charge in [0.2, 0.25) is 5.91 Å². The van der Waals surface area contributed by atoms with Gasteiger partial charge in [0.05, 0.1) is 17.9 Å². The van der Waals surface area contributed by atoms with Gasteiger partial charge in [0, 0.05) is 25.1 Å². The van der Waals surface area contributed by atoms with Crippen molar-refractivity contribution in [2.45, 2.75) is 30.5 Å². The highest BCUT2D eigenvalue weighted by Gasteiger charge is 2.40. The third-order valence-electron chi connectivity index (χ3n) is 3.04. The molecule has 3 atom stereocenters. The van der Waals surface area contributed by atoms with E-state index in [1.54, 1.807) is 25.1 Å². The topological polar surface area (TPSA) is 42.4 Å². The molecule has 0 aliphatic carbocycles. The number of aromatic nitrogens is 1. The normalized spacial score (nSPS) is 25.5. The molecule has 0 saturated carbocycles. The Kier molecular flexibility index (Phi) is 4.24. The SMILES string of the molecule is COCC(C)N1C(=O)C(C)SC1c1cccnc1. The van der Waals surface area contributed by atoms with E-state index in [0.717, 1.165) is 5.56 Å². The van der Waals surface area contributed by atoms with Crippen LogP contribution in [0, 0.1) is 0 Å². The van der Waals surface area contributed by atoms with Crippen molar-refractivity contribution in [3.05, 3.63) is 30.1 Å². The maximum Gasteiger partial charge on any atom is 0.236 e. The predicted octanol–water partition coefficient (Wildman–Crippen LogP) is 2.08. The molecule has 1 aromatic rings. The first-order valence-corrected chi connectivity index (χ1v) is 6.96. The molecule has 1 fully saturated rings. The Hall–Kier alpha value is -1.07. The average Bonchev–Trinajstić information content (AvgIpc) is 2.67. The van der Waals surface area contributed by atoms with Crippen LogP contribution in [-0.4, -0.2) is 40.8 Å². The molecule has 2 heterocycles. The average molecular weight is 266 g/mol. The van der Waals surface area contributed by atoms with E-state index in [2.05, 4.69) is 4.98 Å². The van der Waals surface area contributed by atoms with Crippen LogP contribution >= 0.6 is 11.8 Å². The molecule has 0 aromatic carbocycles. The zero-order valence-corrected chi connectivity index (χ0v) is 11.7. The van der Waals surface area contributed by atoms with Crippen LogP contribution in [0.15, 0.2) is 24.5 Å². The fourth-order valence-corrected chi connectivity index (χ4v) is 3.54. The van der Waals surface area contributed by atoms with Gasteiger partial charge in [-0.2, -0.15) is 0 Å². The van der Waals surface area contributed by atoms with Gasteiger partial charge in [0.15, 0.2) is 0 Å². The molecule has 0 spiro atoms. The molecule has 1 saturated heterocycles. The second kappa shape index (κ2) is 5.71. The Morgan fingerprint density at radius 2 is 2.39 bits per heavy atom.